The molecule has 2 N–H and O–H groups in total. The average Bonchev–Trinajstić information content (AvgIpc) is 2.46. The molecule has 1 amide bonds. The third-order valence-electron chi connectivity index (χ3n) is 3.33. The average molecular weight is 311 g/mol. The van der Waals surface area contributed by atoms with Crippen LogP contribution in [0.15, 0.2) is 24.3 Å². The third kappa shape index (κ3) is 5.59. The molecule has 1 rings (SSSR count). The van der Waals surface area contributed by atoms with E-state index in [1.165, 1.54) is 11.8 Å². The molecule has 2 atom stereocenters. The molecule has 0 aliphatic heterocycles. The van der Waals surface area contributed by atoms with Crippen LogP contribution < -0.4 is 10.1 Å². The first-order chi connectivity index (χ1) is 9.99. The van der Waals surface area contributed by atoms with E-state index in [1.54, 1.807) is 0 Å². The minimum Gasteiger partial charge on any atom is -0.483 e. The van der Waals surface area contributed by atoms with Gasteiger partial charge in [0.05, 0.1) is 6.61 Å². The van der Waals surface area contributed by atoms with Gasteiger partial charge in [-0.2, -0.15) is 11.8 Å². The molecule has 0 aromatic heterocycles. The fraction of sp³-hybridized carbons (Fsp3) is 0.562. The Hall–Kier alpha value is -1.20. The smallest absolute Gasteiger partial charge is 0.258 e. The van der Waals surface area contributed by atoms with Crippen LogP contribution in [0.3, 0.4) is 0 Å². The molecule has 1 aromatic carbocycles. The zero-order chi connectivity index (χ0) is 15.8. The van der Waals surface area contributed by atoms with E-state index in [2.05, 4.69) is 19.2 Å². The molecule has 0 spiro atoms. The first-order valence-corrected chi connectivity index (χ1v) is 8.43. The van der Waals surface area contributed by atoms with E-state index in [0.717, 1.165) is 11.3 Å². The van der Waals surface area contributed by atoms with Gasteiger partial charge in [0.25, 0.3) is 5.91 Å². The van der Waals surface area contributed by atoms with E-state index in [-0.39, 0.29) is 30.4 Å². The summed E-state index contributed by atoms with van der Waals surface area (Å²) >= 11 is 1.54. The Bertz CT molecular complexity index is 447. The molecule has 1 aromatic rings. The van der Waals surface area contributed by atoms with Crippen LogP contribution in [-0.4, -0.2) is 41.8 Å². The van der Waals surface area contributed by atoms with Gasteiger partial charge in [0.15, 0.2) is 6.61 Å². The summed E-state index contributed by atoms with van der Waals surface area (Å²) in [7, 11) is 0. The van der Waals surface area contributed by atoms with Crippen LogP contribution in [0.2, 0.25) is 0 Å². The maximum Gasteiger partial charge on any atom is 0.258 e. The molecule has 0 saturated heterocycles. The van der Waals surface area contributed by atoms with E-state index in [0.29, 0.717) is 5.92 Å². The highest BCUT2D eigenvalue weighted by atomic mass is 32.2. The molecular formula is C16H25NO3S. The summed E-state index contributed by atoms with van der Waals surface area (Å²) in [5.74, 6) is 0.922. The monoisotopic (exact) mass is 311 g/mol. The molecule has 0 bridgehead atoms. The highest BCUT2D eigenvalue weighted by Gasteiger charge is 2.17. The second-order valence-corrected chi connectivity index (χ2v) is 6.37. The van der Waals surface area contributed by atoms with Gasteiger partial charge < -0.3 is 15.2 Å². The molecule has 118 valence electrons. The van der Waals surface area contributed by atoms with Crippen molar-refractivity contribution >= 4 is 17.7 Å². The van der Waals surface area contributed by atoms with Gasteiger partial charge in [0.1, 0.15) is 5.75 Å². The number of aliphatic hydroxyl groups excluding tert-OH is 1. The van der Waals surface area contributed by atoms with Crippen molar-refractivity contribution in [2.45, 2.75) is 38.0 Å². The molecular weight excluding hydrogens is 286 g/mol. The summed E-state index contributed by atoms with van der Waals surface area (Å²) in [4.78, 5) is 11.9. The lowest BCUT2D eigenvalue weighted by molar-refractivity contribution is -0.123. The Balaban J connectivity index is 2.54. The van der Waals surface area contributed by atoms with Crippen molar-refractivity contribution < 1.29 is 14.6 Å². The number of thioether (sulfide) groups is 1. The normalized spacial score (nSPS) is 13.8. The minimum absolute atomic E-state index is 0.00287. The standard InChI is InChI=1S/C16H25NO3S/c1-11(2)13-7-5-6-8-14(13)20-10-16(19)17-12(3)15(9-18)21-4/h5-8,11-12,15,18H,9-10H2,1-4H3,(H,17,19). The SMILES string of the molecule is CSC(CO)C(C)NC(=O)COc1ccccc1C(C)C. The van der Waals surface area contributed by atoms with E-state index in [4.69, 9.17) is 4.74 Å². The Morgan fingerprint density at radius 3 is 2.57 bits per heavy atom. The van der Waals surface area contributed by atoms with Crippen LogP contribution in [0, 0.1) is 0 Å². The number of carbonyl (C=O) groups is 1. The van der Waals surface area contributed by atoms with Crippen LogP contribution in [0.1, 0.15) is 32.3 Å². The predicted molar refractivity (Wildman–Crippen MR) is 88.0 cm³/mol. The largest absolute Gasteiger partial charge is 0.483 e. The second-order valence-electron chi connectivity index (χ2n) is 5.29. The topological polar surface area (TPSA) is 58.6 Å². The van der Waals surface area contributed by atoms with Crippen molar-refractivity contribution in [1.82, 2.24) is 5.32 Å². The molecule has 4 nitrogen and oxygen atoms in total. The van der Waals surface area contributed by atoms with Gasteiger partial charge in [-0.1, -0.05) is 32.0 Å². The van der Waals surface area contributed by atoms with Crippen LogP contribution in [0.25, 0.3) is 0 Å². The van der Waals surface area contributed by atoms with Gasteiger partial charge in [-0.3, -0.25) is 4.79 Å². The molecule has 0 aliphatic carbocycles. The molecule has 0 saturated carbocycles. The number of ether oxygens (including phenoxy) is 1. The van der Waals surface area contributed by atoms with E-state index in [1.807, 2.05) is 37.4 Å². The van der Waals surface area contributed by atoms with E-state index in [9.17, 15) is 9.90 Å². The Labute approximate surface area is 131 Å². The number of hydrogen-bond donors (Lipinski definition) is 2. The summed E-state index contributed by atoms with van der Waals surface area (Å²) in [5, 5.41) is 12.1. The number of carbonyl (C=O) groups excluding carboxylic acids is 1. The van der Waals surface area contributed by atoms with Gasteiger partial charge in [0, 0.05) is 11.3 Å². The molecule has 0 heterocycles. The molecule has 0 fully saturated rings. The molecule has 2 unspecified atom stereocenters. The van der Waals surface area contributed by atoms with Crippen molar-refractivity contribution in [3.05, 3.63) is 29.8 Å². The van der Waals surface area contributed by atoms with Crippen molar-refractivity contribution in [1.29, 1.82) is 0 Å². The van der Waals surface area contributed by atoms with Crippen LogP contribution in [0.4, 0.5) is 0 Å². The zero-order valence-electron chi connectivity index (χ0n) is 13.1. The van der Waals surface area contributed by atoms with Gasteiger partial charge >= 0.3 is 0 Å². The van der Waals surface area contributed by atoms with Crippen molar-refractivity contribution in [2.24, 2.45) is 0 Å². The van der Waals surface area contributed by atoms with Gasteiger partial charge in [-0.05, 0) is 30.7 Å². The number of hydrogen-bond acceptors (Lipinski definition) is 4. The number of para-hydroxylation sites is 1. The Kier molecular flexibility index (Phi) is 7.61. The van der Waals surface area contributed by atoms with E-state index >= 15 is 0 Å². The lowest BCUT2D eigenvalue weighted by Gasteiger charge is -2.21. The van der Waals surface area contributed by atoms with Crippen molar-refractivity contribution in [3.8, 4) is 5.75 Å². The molecule has 0 aliphatic rings. The third-order valence-corrected chi connectivity index (χ3v) is 4.49. The fourth-order valence-corrected chi connectivity index (χ4v) is 2.68. The number of nitrogens with one attached hydrogen (secondary N) is 1. The molecule has 5 heteroatoms. The maximum atomic E-state index is 11.9. The maximum absolute atomic E-state index is 11.9. The highest BCUT2D eigenvalue weighted by molar-refractivity contribution is 7.99. The van der Waals surface area contributed by atoms with Gasteiger partial charge in [-0.15, -0.1) is 0 Å². The van der Waals surface area contributed by atoms with E-state index < -0.39 is 0 Å². The summed E-state index contributed by atoms with van der Waals surface area (Å²) in [6.07, 6.45) is 1.92. The highest BCUT2D eigenvalue weighted by Crippen LogP contribution is 2.25. The first kappa shape index (κ1) is 17.9. The second kappa shape index (κ2) is 8.95. The Morgan fingerprint density at radius 1 is 1.33 bits per heavy atom. The van der Waals surface area contributed by atoms with Crippen LogP contribution >= 0.6 is 11.8 Å². The predicted octanol–water partition coefficient (Wildman–Crippen LogP) is 2.42. The fourth-order valence-electron chi connectivity index (χ4n) is 2.06. The Morgan fingerprint density at radius 2 is 2.00 bits per heavy atom. The minimum atomic E-state index is -0.173. The number of benzene rings is 1. The number of aliphatic hydroxyl groups is 1. The van der Waals surface area contributed by atoms with Gasteiger partial charge in [0.2, 0.25) is 0 Å². The first-order valence-electron chi connectivity index (χ1n) is 7.14. The zero-order valence-corrected chi connectivity index (χ0v) is 13.9. The quantitative estimate of drug-likeness (QED) is 0.774. The van der Waals surface area contributed by atoms with Crippen molar-refractivity contribution in [2.75, 3.05) is 19.5 Å². The summed E-state index contributed by atoms with van der Waals surface area (Å²) in [6.45, 7) is 6.10. The lowest BCUT2D eigenvalue weighted by Crippen LogP contribution is -2.43. The molecule has 21 heavy (non-hydrogen) atoms. The van der Waals surface area contributed by atoms with Gasteiger partial charge in [-0.25, -0.2) is 0 Å². The van der Waals surface area contributed by atoms with Crippen LogP contribution in [-0.2, 0) is 4.79 Å². The summed E-state index contributed by atoms with van der Waals surface area (Å²) in [5.41, 5.74) is 1.09. The molecule has 0 radical (unpaired) electrons. The van der Waals surface area contributed by atoms with Crippen molar-refractivity contribution in [3.63, 3.8) is 0 Å². The van der Waals surface area contributed by atoms with Crippen LogP contribution in [0.5, 0.6) is 5.75 Å². The summed E-state index contributed by atoms with van der Waals surface area (Å²) in [6, 6.07) is 7.66. The summed E-state index contributed by atoms with van der Waals surface area (Å²) < 4.78 is 5.63. The number of amides is 1. The lowest BCUT2D eigenvalue weighted by atomic mass is 10.0. The number of rotatable bonds is 8.